The van der Waals surface area contributed by atoms with Gasteiger partial charge in [-0.15, -0.1) is 0 Å². The zero-order valence-corrected chi connectivity index (χ0v) is 21.4. The Morgan fingerprint density at radius 1 is 1.00 bits per heavy atom. The summed E-state index contributed by atoms with van der Waals surface area (Å²) >= 11 is 0. The summed E-state index contributed by atoms with van der Waals surface area (Å²) in [6.45, 7) is 6.90. The fraction of sp³-hybridized carbons (Fsp3) is 0.607. The van der Waals surface area contributed by atoms with Crippen LogP contribution in [0.25, 0.3) is 0 Å². The predicted octanol–water partition coefficient (Wildman–Crippen LogP) is 2.48. The van der Waals surface area contributed by atoms with Crippen LogP contribution in [-0.4, -0.2) is 86.3 Å². The highest BCUT2D eigenvalue weighted by Crippen LogP contribution is 2.28. The molecule has 0 bridgehead atoms. The molecule has 8 nitrogen and oxygen atoms in total. The third-order valence-electron chi connectivity index (χ3n) is 8.16. The van der Waals surface area contributed by atoms with E-state index in [-0.39, 0.29) is 24.0 Å². The highest BCUT2D eigenvalue weighted by atomic mass is 16.3. The van der Waals surface area contributed by atoms with Crippen LogP contribution < -0.4 is 0 Å². The maximum atomic E-state index is 13.6. The van der Waals surface area contributed by atoms with Crippen molar-refractivity contribution in [2.24, 2.45) is 0 Å². The van der Waals surface area contributed by atoms with Crippen molar-refractivity contribution in [2.45, 2.75) is 77.1 Å². The lowest BCUT2D eigenvalue weighted by molar-refractivity contribution is -0.139. The van der Waals surface area contributed by atoms with E-state index >= 15 is 0 Å². The van der Waals surface area contributed by atoms with Gasteiger partial charge in [0.05, 0.1) is 12.1 Å². The number of hydrogen-bond acceptors (Lipinski definition) is 5. The molecule has 0 saturated carbocycles. The van der Waals surface area contributed by atoms with Crippen LogP contribution >= 0.6 is 0 Å². The lowest BCUT2D eigenvalue weighted by atomic mass is 9.98. The normalized spacial score (nSPS) is 21.4. The van der Waals surface area contributed by atoms with Gasteiger partial charge in [-0.25, -0.2) is 0 Å². The van der Waals surface area contributed by atoms with Gasteiger partial charge in [-0.1, -0.05) is 43.7 Å². The number of aliphatic hydroxyl groups is 1. The SMILES string of the molecule is CCN1CCCCC1C(=O)N1CCc2c(c(C(=O)N3CCC(O)CC3)nn2CCc2ccccc2)C1. The molecule has 8 heteroatoms. The van der Waals surface area contributed by atoms with Crippen LogP contribution in [0.3, 0.4) is 0 Å². The first kappa shape index (κ1) is 25.0. The first-order valence-corrected chi connectivity index (χ1v) is 13.7. The van der Waals surface area contributed by atoms with E-state index in [1.807, 2.05) is 32.7 Å². The van der Waals surface area contributed by atoms with Crippen LogP contribution in [0.1, 0.15) is 66.3 Å². The Bertz CT molecular complexity index is 1060. The van der Waals surface area contributed by atoms with Gasteiger partial charge >= 0.3 is 0 Å². The van der Waals surface area contributed by atoms with Crippen LogP contribution in [0.15, 0.2) is 30.3 Å². The molecule has 2 saturated heterocycles. The molecule has 1 unspecified atom stereocenters. The molecule has 0 aliphatic carbocycles. The van der Waals surface area contributed by atoms with Crippen molar-refractivity contribution in [1.82, 2.24) is 24.5 Å². The molecule has 1 aromatic carbocycles. The van der Waals surface area contributed by atoms with Gasteiger partial charge < -0.3 is 14.9 Å². The Morgan fingerprint density at radius 3 is 2.53 bits per heavy atom. The maximum absolute atomic E-state index is 13.6. The second-order valence-electron chi connectivity index (χ2n) is 10.4. The Kier molecular flexibility index (Phi) is 7.72. The molecule has 5 rings (SSSR count). The van der Waals surface area contributed by atoms with E-state index in [4.69, 9.17) is 5.10 Å². The molecule has 2 aromatic rings. The molecule has 1 atom stereocenters. The zero-order valence-electron chi connectivity index (χ0n) is 21.4. The molecule has 4 heterocycles. The van der Waals surface area contributed by atoms with Crippen LogP contribution in [-0.2, 0) is 30.7 Å². The highest BCUT2D eigenvalue weighted by molar-refractivity contribution is 5.94. The van der Waals surface area contributed by atoms with E-state index in [0.717, 1.165) is 50.0 Å². The predicted molar refractivity (Wildman–Crippen MR) is 138 cm³/mol. The molecule has 3 aliphatic rings. The first-order chi connectivity index (χ1) is 17.5. The average Bonchev–Trinajstić information content (AvgIpc) is 3.30. The summed E-state index contributed by atoms with van der Waals surface area (Å²) < 4.78 is 2.01. The summed E-state index contributed by atoms with van der Waals surface area (Å²) in [6.07, 6.45) is 5.57. The summed E-state index contributed by atoms with van der Waals surface area (Å²) in [5.41, 5.74) is 3.73. The van der Waals surface area contributed by atoms with Crippen LogP contribution in [0.2, 0.25) is 0 Å². The van der Waals surface area contributed by atoms with Crippen molar-refractivity contribution < 1.29 is 14.7 Å². The molecule has 0 radical (unpaired) electrons. The summed E-state index contributed by atoms with van der Waals surface area (Å²) in [4.78, 5) is 33.3. The van der Waals surface area contributed by atoms with Crippen molar-refractivity contribution in [1.29, 1.82) is 0 Å². The third kappa shape index (κ3) is 5.20. The van der Waals surface area contributed by atoms with Crippen LogP contribution in [0.5, 0.6) is 0 Å². The Balaban J connectivity index is 1.39. The molecule has 1 aromatic heterocycles. The number of aryl methyl sites for hydroxylation is 2. The fourth-order valence-corrected chi connectivity index (χ4v) is 5.99. The number of likely N-dealkylation sites (N-methyl/N-ethyl adjacent to an activating group) is 1. The van der Waals surface area contributed by atoms with Crippen LogP contribution in [0.4, 0.5) is 0 Å². The smallest absolute Gasteiger partial charge is 0.274 e. The summed E-state index contributed by atoms with van der Waals surface area (Å²) in [7, 11) is 0. The van der Waals surface area contributed by atoms with Gasteiger partial charge in [0.15, 0.2) is 5.69 Å². The first-order valence-electron chi connectivity index (χ1n) is 13.7. The zero-order chi connectivity index (χ0) is 25.1. The molecule has 1 N–H and O–H groups in total. The molecule has 194 valence electrons. The summed E-state index contributed by atoms with van der Waals surface area (Å²) in [5.74, 6) is 0.123. The molecule has 0 spiro atoms. The highest BCUT2D eigenvalue weighted by Gasteiger charge is 2.36. The number of benzene rings is 1. The molecular formula is C28H39N5O3. The van der Waals surface area contributed by atoms with Crippen molar-refractivity contribution in [2.75, 3.05) is 32.7 Å². The minimum atomic E-state index is -0.337. The van der Waals surface area contributed by atoms with Gasteiger partial charge in [-0.05, 0) is 50.8 Å². The quantitative estimate of drug-likeness (QED) is 0.669. The van der Waals surface area contributed by atoms with Gasteiger partial charge in [0, 0.05) is 50.4 Å². The fourth-order valence-electron chi connectivity index (χ4n) is 5.99. The van der Waals surface area contributed by atoms with E-state index in [0.29, 0.717) is 57.7 Å². The monoisotopic (exact) mass is 493 g/mol. The minimum Gasteiger partial charge on any atom is -0.393 e. The number of rotatable bonds is 6. The van der Waals surface area contributed by atoms with Crippen molar-refractivity contribution >= 4 is 11.8 Å². The molecule has 3 aliphatic heterocycles. The number of piperidine rings is 2. The van der Waals surface area contributed by atoms with E-state index < -0.39 is 0 Å². The molecule has 2 amide bonds. The molecule has 36 heavy (non-hydrogen) atoms. The number of nitrogens with zero attached hydrogens (tertiary/aromatic N) is 5. The Hall–Kier alpha value is -2.71. The number of fused-ring (bicyclic) bond motifs is 1. The van der Waals surface area contributed by atoms with Gasteiger partial charge in [0.25, 0.3) is 5.91 Å². The minimum absolute atomic E-state index is 0.0545. The average molecular weight is 494 g/mol. The van der Waals surface area contributed by atoms with Crippen molar-refractivity contribution in [3.63, 3.8) is 0 Å². The van der Waals surface area contributed by atoms with E-state index in [1.54, 1.807) is 0 Å². The maximum Gasteiger partial charge on any atom is 0.274 e. The molecule has 2 fully saturated rings. The second-order valence-corrected chi connectivity index (χ2v) is 10.4. The van der Waals surface area contributed by atoms with Gasteiger partial charge in [-0.2, -0.15) is 5.10 Å². The van der Waals surface area contributed by atoms with E-state index in [9.17, 15) is 14.7 Å². The van der Waals surface area contributed by atoms with Crippen molar-refractivity contribution in [3.8, 4) is 0 Å². The Morgan fingerprint density at radius 2 is 1.78 bits per heavy atom. The standard InChI is InChI=1S/C28H39N5O3/c1-2-30-15-7-6-10-25(30)27(35)32-18-14-24-23(20-32)26(28(36)31-16-12-22(34)13-17-31)29-33(24)19-11-21-8-4-3-5-9-21/h3-5,8-9,22,25,34H,2,6-7,10-20H2,1H3. The second kappa shape index (κ2) is 11.1. The van der Waals surface area contributed by atoms with Gasteiger partial charge in [0.2, 0.25) is 5.91 Å². The lowest BCUT2D eigenvalue weighted by Crippen LogP contribution is -2.52. The molecular weight excluding hydrogens is 454 g/mol. The van der Waals surface area contributed by atoms with Gasteiger partial charge in [0.1, 0.15) is 0 Å². The number of aliphatic hydroxyl groups excluding tert-OH is 1. The topological polar surface area (TPSA) is 81.9 Å². The van der Waals surface area contributed by atoms with E-state index in [2.05, 4.69) is 24.0 Å². The number of likely N-dealkylation sites (tertiary alicyclic amines) is 2. The summed E-state index contributed by atoms with van der Waals surface area (Å²) in [6, 6.07) is 10.3. The van der Waals surface area contributed by atoms with Gasteiger partial charge in [-0.3, -0.25) is 19.2 Å². The Labute approximate surface area is 213 Å². The number of carbonyl (C=O) groups is 2. The number of hydrogen-bond donors (Lipinski definition) is 1. The largest absolute Gasteiger partial charge is 0.393 e. The summed E-state index contributed by atoms with van der Waals surface area (Å²) in [5, 5.41) is 14.8. The van der Waals surface area contributed by atoms with Crippen LogP contribution in [0, 0.1) is 0 Å². The van der Waals surface area contributed by atoms with E-state index in [1.165, 1.54) is 5.56 Å². The number of amides is 2. The lowest BCUT2D eigenvalue weighted by Gasteiger charge is -2.38. The number of aromatic nitrogens is 2. The van der Waals surface area contributed by atoms with Crippen molar-refractivity contribution in [3.05, 3.63) is 52.8 Å². The number of carbonyl (C=O) groups excluding carboxylic acids is 2. The third-order valence-corrected chi connectivity index (χ3v) is 8.16.